The zero-order chi connectivity index (χ0) is 15.5. The summed E-state index contributed by atoms with van der Waals surface area (Å²) in [5.41, 5.74) is 0. The number of esters is 3. The van der Waals surface area contributed by atoms with E-state index in [0.717, 1.165) is 0 Å². The van der Waals surface area contributed by atoms with Crippen LogP contribution in [0.5, 0.6) is 0 Å². The summed E-state index contributed by atoms with van der Waals surface area (Å²) in [6.07, 6.45) is 0.462. The van der Waals surface area contributed by atoms with Crippen molar-refractivity contribution in [3.63, 3.8) is 0 Å². The van der Waals surface area contributed by atoms with Crippen LogP contribution in [0, 0.1) is 5.92 Å². The van der Waals surface area contributed by atoms with Gasteiger partial charge in [0.25, 0.3) is 0 Å². The molecule has 20 heavy (non-hydrogen) atoms. The average Bonchev–Trinajstić information content (AvgIpc) is 2.39. The SMILES string of the molecule is CCC(C)C(=O)OCCOC(=O)CCC(=O)OC(C)C. The highest BCUT2D eigenvalue weighted by atomic mass is 16.6. The van der Waals surface area contributed by atoms with Crippen LogP contribution in [-0.2, 0) is 28.6 Å². The summed E-state index contributed by atoms with van der Waals surface area (Å²) in [7, 11) is 0. The van der Waals surface area contributed by atoms with E-state index < -0.39 is 11.9 Å². The van der Waals surface area contributed by atoms with Crippen LogP contribution in [0.25, 0.3) is 0 Å². The van der Waals surface area contributed by atoms with Crippen LogP contribution in [0.4, 0.5) is 0 Å². The lowest BCUT2D eigenvalue weighted by Crippen LogP contribution is -2.19. The zero-order valence-corrected chi connectivity index (χ0v) is 12.6. The third-order valence-electron chi connectivity index (χ3n) is 2.51. The first-order valence-electron chi connectivity index (χ1n) is 6.88. The van der Waals surface area contributed by atoms with Gasteiger partial charge in [-0.2, -0.15) is 0 Å². The van der Waals surface area contributed by atoms with Crippen LogP contribution in [-0.4, -0.2) is 37.2 Å². The van der Waals surface area contributed by atoms with E-state index in [9.17, 15) is 14.4 Å². The van der Waals surface area contributed by atoms with E-state index in [2.05, 4.69) is 0 Å². The summed E-state index contributed by atoms with van der Waals surface area (Å²) in [4.78, 5) is 33.8. The molecule has 0 N–H and O–H groups in total. The van der Waals surface area contributed by atoms with Crippen LogP contribution in [0.3, 0.4) is 0 Å². The summed E-state index contributed by atoms with van der Waals surface area (Å²) < 4.78 is 14.6. The lowest BCUT2D eigenvalue weighted by molar-refractivity contribution is -0.156. The summed E-state index contributed by atoms with van der Waals surface area (Å²) in [6, 6.07) is 0. The molecule has 0 aromatic carbocycles. The smallest absolute Gasteiger partial charge is 0.308 e. The number of ether oxygens (including phenoxy) is 3. The second kappa shape index (κ2) is 10.2. The number of carbonyl (C=O) groups is 3. The van der Waals surface area contributed by atoms with Crippen LogP contribution in [0.2, 0.25) is 0 Å². The molecule has 6 nitrogen and oxygen atoms in total. The zero-order valence-electron chi connectivity index (χ0n) is 12.6. The Labute approximate surface area is 119 Å². The van der Waals surface area contributed by atoms with Gasteiger partial charge in [-0.15, -0.1) is 0 Å². The predicted molar refractivity (Wildman–Crippen MR) is 71.8 cm³/mol. The highest BCUT2D eigenvalue weighted by molar-refractivity contribution is 5.77. The van der Waals surface area contributed by atoms with Crippen molar-refractivity contribution < 1.29 is 28.6 Å². The Balaban J connectivity index is 3.64. The van der Waals surface area contributed by atoms with Gasteiger partial charge in [-0.1, -0.05) is 13.8 Å². The van der Waals surface area contributed by atoms with Crippen molar-refractivity contribution in [2.45, 2.75) is 53.1 Å². The molecule has 0 aliphatic carbocycles. The molecule has 0 amide bonds. The molecule has 0 aliphatic heterocycles. The van der Waals surface area contributed by atoms with E-state index in [1.165, 1.54) is 0 Å². The Bertz CT molecular complexity index is 324. The molecule has 6 heteroatoms. The standard InChI is InChI=1S/C14H24O6/c1-5-11(4)14(17)19-9-8-18-12(15)6-7-13(16)20-10(2)3/h10-11H,5-9H2,1-4H3. The van der Waals surface area contributed by atoms with Crippen LogP contribution in [0.1, 0.15) is 47.0 Å². The second-order valence-electron chi connectivity index (χ2n) is 4.74. The summed E-state index contributed by atoms with van der Waals surface area (Å²) in [6.45, 7) is 7.17. The molecule has 0 rings (SSSR count). The van der Waals surface area contributed by atoms with Crippen molar-refractivity contribution in [1.29, 1.82) is 0 Å². The fraction of sp³-hybridized carbons (Fsp3) is 0.786. The van der Waals surface area contributed by atoms with Crippen molar-refractivity contribution >= 4 is 17.9 Å². The third-order valence-corrected chi connectivity index (χ3v) is 2.51. The van der Waals surface area contributed by atoms with Gasteiger partial charge in [0.05, 0.1) is 24.9 Å². The maximum absolute atomic E-state index is 11.3. The van der Waals surface area contributed by atoms with E-state index in [0.29, 0.717) is 6.42 Å². The number of hydrogen-bond donors (Lipinski definition) is 0. The van der Waals surface area contributed by atoms with Crippen molar-refractivity contribution in [2.24, 2.45) is 5.92 Å². The molecule has 0 aliphatic rings. The van der Waals surface area contributed by atoms with Crippen LogP contribution < -0.4 is 0 Å². The topological polar surface area (TPSA) is 78.9 Å². The first-order chi connectivity index (χ1) is 9.36. The lowest BCUT2D eigenvalue weighted by atomic mass is 10.1. The van der Waals surface area contributed by atoms with Crippen molar-refractivity contribution in [3.8, 4) is 0 Å². The Morgan fingerprint density at radius 1 is 0.900 bits per heavy atom. The molecule has 0 radical (unpaired) electrons. The van der Waals surface area contributed by atoms with Gasteiger partial charge in [-0.05, 0) is 20.3 Å². The van der Waals surface area contributed by atoms with Crippen molar-refractivity contribution in [3.05, 3.63) is 0 Å². The van der Waals surface area contributed by atoms with E-state index in [1.807, 2.05) is 6.92 Å². The normalized spacial score (nSPS) is 11.8. The molecule has 0 aromatic heterocycles. The highest BCUT2D eigenvalue weighted by Gasteiger charge is 2.13. The minimum atomic E-state index is -0.509. The van der Waals surface area contributed by atoms with Gasteiger partial charge in [0, 0.05) is 0 Å². The first kappa shape index (κ1) is 18.4. The van der Waals surface area contributed by atoms with E-state index in [1.54, 1.807) is 20.8 Å². The van der Waals surface area contributed by atoms with Gasteiger partial charge < -0.3 is 14.2 Å². The van der Waals surface area contributed by atoms with E-state index in [4.69, 9.17) is 14.2 Å². The molecule has 0 bridgehead atoms. The van der Waals surface area contributed by atoms with Gasteiger partial charge in [-0.3, -0.25) is 14.4 Å². The average molecular weight is 288 g/mol. The lowest BCUT2D eigenvalue weighted by Gasteiger charge is -2.10. The number of rotatable bonds is 9. The van der Waals surface area contributed by atoms with Gasteiger partial charge in [0.15, 0.2) is 0 Å². The van der Waals surface area contributed by atoms with Gasteiger partial charge in [-0.25, -0.2) is 0 Å². The molecule has 0 saturated heterocycles. The molecule has 0 heterocycles. The molecule has 116 valence electrons. The molecule has 0 aromatic rings. The predicted octanol–water partition coefficient (Wildman–Crippen LogP) is 1.85. The Morgan fingerprint density at radius 2 is 1.45 bits per heavy atom. The van der Waals surface area contributed by atoms with Crippen LogP contribution >= 0.6 is 0 Å². The summed E-state index contributed by atoms with van der Waals surface area (Å²) in [5, 5.41) is 0. The molecule has 1 atom stereocenters. The quantitative estimate of drug-likeness (QED) is 0.366. The summed E-state index contributed by atoms with van der Waals surface area (Å²) in [5.74, 6) is -1.40. The molecular formula is C14H24O6. The third kappa shape index (κ3) is 9.35. The maximum atomic E-state index is 11.3. The van der Waals surface area contributed by atoms with E-state index >= 15 is 0 Å². The molecule has 1 unspecified atom stereocenters. The molecule has 0 spiro atoms. The van der Waals surface area contributed by atoms with Gasteiger partial charge >= 0.3 is 17.9 Å². The number of carbonyl (C=O) groups excluding carboxylic acids is 3. The van der Waals surface area contributed by atoms with E-state index in [-0.39, 0.29) is 44.0 Å². The highest BCUT2D eigenvalue weighted by Crippen LogP contribution is 2.03. The molecule has 0 saturated carbocycles. The minimum Gasteiger partial charge on any atom is -0.463 e. The van der Waals surface area contributed by atoms with Gasteiger partial charge in [0.1, 0.15) is 13.2 Å². The monoisotopic (exact) mass is 288 g/mol. The Kier molecular flexibility index (Phi) is 9.41. The van der Waals surface area contributed by atoms with Crippen LogP contribution in [0.15, 0.2) is 0 Å². The molecule has 0 fully saturated rings. The van der Waals surface area contributed by atoms with Crippen molar-refractivity contribution in [2.75, 3.05) is 13.2 Å². The first-order valence-corrected chi connectivity index (χ1v) is 6.88. The number of hydrogen-bond acceptors (Lipinski definition) is 6. The van der Waals surface area contributed by atoms with Gasteiger partial charge in [0.2, 0.25) is 0 Å². The minimum absolute atomic E-state index is 0.000234. The second-order valence-corrected chi connectivity index (χ2v) is 4.74. The van der Waals surface area contributed by atoms with Crippen molar-refractivity contribution in [1.82, 2.24) is 0 Å². The maximum Gasteiger partial charge on any atom is 0.308 e. The largest absolute Gasteiger partial charge is 0.463 e. The fourth-order valence-corrected chi connectivity index (χ4v) is 1.20. The molecular weight excluding hydrogens is 264 g/mol. The fourth-order valence-electron chi connectivity index (χ4n) is 1.20. The Hall–Kier alpha value is -1.59. The Morgan fingerprint density at radius 3 is 2.00 bits per heavy atom. The summed E-state index contributed by atoms with van der Waals surface area (Å²) >= 11 is 0.